The van der Waals surface area contributed by atoms with Crippen LogP contribution in [0.4, 0.5) is 0 Å². The first-order valence-corrected chi connectivity index (χ1v) is 5.96. The Hall–Kier alpha value is -1.06. The highest BCUT2D eigenvalue weighted by Gasteiger charge is 2.36. The second-order valence-corrected chi connectivity index (χ2v) is 4.91. The van der Waals surface area contributed by atoms with Crippen molar-refractivity contribution in [2.75, 3.05) is 0 Å². The Morgan fingerprint density at radius 3 is 2.19 bits per heavy atom. The minimum absolute atomic E-state index is 0.00824. The van der Waals surface area contributed by atoms with Crippen molar-refractivity contribution in [3.05, 3.63) is 0 Å². The molecule has 0 bridgehead atoms. The van der Waals surface area contributed by atoms with E-state index in [1.807, 2.05) is 11.8 Å². The van der Waals surface area contributed by atoms with Crippen molar-refractivity contribution in [1.82, 2.24) is 4.90 Å². The average Bonchev–Trinajstić information content (AvgIpc) is 2.98. The first kappa shape index (κ1) is 13.0. The molecular formula is C12H21NO3. The summed E-state index contributed by atoms with van der Waals surface area (Å²) in [7, 11) is 0. The van der Waals surface area contributed by atoms with Crippen LogP contribution in [0.15, 0.2) is 0 Å². The van der Waals surface area contributed by atoms with E-state index >= 15 is 0 Å². The lowest BCUT2D eigenvalue weighted by atomic mass is 10.0. The molecule has 1 unspecified atom stereocenters. The quantitative estimate of drug-likeness (QED) is 0.753. The number of carboxylic acid groups (broad SMARTS) is 1. The number of rotatable bonds is 6. The van der Waals surface area contributed by atoms with Gasteiger partial charge in [-0.25, -0.2) is 0 Å². The van der Waals surface area contributed by atoms with Crippen LogP contribution in [0.5, 0.6) is 0 Å². The van der Waals surface area contributed by atoms with Crippen LogP contribution in [-0.4, -0.2) is 34.0 Å². The van der Waals surface area contributed by atoms with E-state index in [0.717, 1.165) is 12.8 Å². The molecule has 1 N–H and O–H groups in total. The molecule has 0 saturated heterocycles. The SMILES string of the molecule is CC(C)C(C)N(C(=O)CCC(=O)O)C1CC1. The highest BCUT2D eigenvalue weighted by Crippen LogP contribution is 2.31. The summed E-state index contributed by atoms with van der Waals surface area (Å²) in [5.41, 5.74) is 0. The molecule has 1 atom stereocenters. The summed E-state index contributed by atoms with van der Waals surface area (Å²) < 4.78 is 0. The predicted molar refractivity (Wildman–Crippen MR) is 61.0 cm³/mol. The molecule has 16 heavy (non-hydrogen) atoms. The van der Waals surface area contributed by atoms with Gasteiger partial charge in [-0.1, -0.05) is 13.8 Å². The van der Waals surface area contributed by atoms with Crippen LogP contribution >= 0.6 is 0 Å². The van der Waals surface area contributed by atoms with Gasteiger partial charge in [0, 0.05) is 18.5 Å². The fourth-order valence-corrected chi connectivity index (χ4v) is 1.78. The molecule has 4 heteroatoms. The Bertz CT molecular complexity index is 271. The van der Waals surface area contributed by atoms with Gasteiger partial charge in [0.1, 0.15) is 0 Å². The van der Waals surface area contributed by atoms with E-state index in [-0.39, 0.29) is 24.8 Å². The van der Waals surface area contributed by atoms with Crippen molar-refractivity contribution >= 4 is 11.9 Å². The number of nitrogens with zero attached hydrogens (tertiary/aromatic N) is 1. The van der Waals surface area contributed by atoms with Gasteiger partial charge < -0.3 is 10.0 Å². The third-order valence-electron chi connectivity index (χ3n) is 3.18. The molecule has 1 rings (SSSR count). The van der Waals surface area contributed by atoms with Crippen molar-refractivity contribution < 1.29 is 14.7 Å². The van der Waals surface area contributed by atoms with Crippen molar-refractivity contribution in [3.63, 3.8) is 0 Å². The lowest BCUT2D eigenvalue weighted by Gasteiger charge is -2.32. The summed E-state index contributed by atoms with van der Waals surface area (Å²) in [4.78, 5) is 24.3. The number of carboxylic acids is 1. The minimum atomic E-state index is -0.902. The van der Waals surface area contributed by atoms with E-state index in [1.165, 1.54) is 0 Å². The summed E-state index contributed by atoms with van der Waals surface area (Å²) in [6.45, 7) is 6.22. The zero-order valence-electron chi connectivity index (χ0n) is 10.3. The Morgan fingerprint density at radius 1 is 1.25 bits per heavy atom. The van der Waals surface area contributed by atoms with E-state index in [1.54, 1.807) is 0 Å². The van der Waals surface area contributed by atoms with Crippen LogP contribution < -0.4 is 0 Å². The number of aliphatic carboxylic acids is 1. The summed E-state index contributed by atoms with van der Waals surface area (Å²) in [5.74, 6) is -0.498. The van der Waals surface area contributed by atoms with Crippen molar-refractivity contribution in [2.24, 2.45) is 5.92 Å². The van der Waals surface area contributed by atoms with Crippen LogP contribution in [0.2, 0.25) is 0 Å². The third kappa shape index (κ3) is 3.51. The maximum atomic E-state index is 11.9. The Labute approximate surface area is 96.6 Å². The molecular weight excluding hydrogens is 206 g/mol. The second-order valence-electron chi connectivity index (χ2n) is 4.91. The fraction of sp³-hybridized carbons (Fsp3) is 0.833. The smallest absolute Gasteiger partial charge is 0.303 e. The second kappa shape index (κ2) is 5.32. The molecule has 0 aromatic carbocycles. The van der Waals surface area contributed by atoms with E-state index in [0.29, 0.717) is 12.0 Å². The predicted octanol–water partition coefficient (Wildman–Crippen LogP) is 1.89. The summed E-state index contributed by atoms with van der Waals surface area (Å²) in [6, 6.07) is 0.562. The van der Waals surface area contributed by atoms with Crippen LogP contribution in [0.3, 0.4) is 0 Å². The van der Waals surface area contributed by atoms with Gasteiger partial charge in [0.2, 0.25) is 5.91 Å². The largest absolute Gasteiger partial charge is 0.481 e. The summed E-state index contributed by atoms with van der Waals surface area (Å²) in [5, 5.41) is 8.58. The molecule has 92 valence electrons. The molecule has 0 aliphatic heterocycles. The average molecular weight is 227 g/mol. The molecule has 1 aliphatic rings. The molecule has 1 saturated carbocycles. The first-order valence-electron chi connectivity index (χ1n) is 5.96. The fourth-order valence-electron chi connectivity index (χ4n) is 1.78. The highest BCUT2D eigenvalue weighted by atomic mass is 16.4. The standard InChI is InChI=1S/C12H21NO3/c1-8(2)9(3)13(10-4-5-10)11(14)6-7-12(15)16/h8-10H,4-7H2,1-3H3,(H,15,16). The van der Waals surface area contributed by atoms with Gasteiger partial charge in [-0.2, -0.15) is 0 Å². The zero-order chi connectivity index (χ0) is 12.3. The van der Waals surface area contributed by atoms with Gasteiger partial charge in [-0.3, -0.25) is 9.59 Å². The maximum absolute atomic E-state index is 11.9. The molecule has 1 aliphatic carbocycles. The molecule has 1 amide bonds. The van der Waals surface area contributed by atoms with Crippen molar-refractivity contribution in [2.45, 2.75) is 58.5 Å². The van der Waals surface area contributed by atoms with Crippen molar-refractivity contribution in [3.8, 4) is 0 Å². The van der Waals surface area contributed by atoms with Crippen LogP contribution in [0.1, 0.15) is 46.5 Å². The number of hydrogen-bond donors (Lipinski definition) is 1. The Morgan fingerprint density at radius 2 is 1.81 bits per heavy atom. The molecule has 0 aromatic heterocycles. The number of carbonyl (C=O) groups is 2. The number of carbonyl (C=O) groups excluding carboxylic acids is 1. The van der Waals surface area contributed by atoms with Gasteiger partial charge in [-0.05, 0) is 25.7 Å². The molecule has 1 fully saturated rings. The highest BCUT2D eigenvalue weighted by molar-refractivity contribution is 5.81. The van der Waals surface area contributed by atoms with Gasteiger partial charge in [0.05, 0.1) is 6.42 Å². The summed E-state index contributed by atoms with van der Waals surface area (Å²) in [6.07, 6.45) is 2.20. The zero-order valence-corrected chi connectivity index (χ0v) is 10.3. The van der Waals surface area contributed by atoms with Crippen LogP contribution in [-0.2, 0) is 9.59 Å². The van der Waals surface area contributed by atoms with E-state index in [9.17, 15) is 9.59 Å². The monoisotopic (exact) mass is 227 g/mol. The molecule has 4 nitrogen and oxygen atoms in total. The first-order chi connectivity index (χ1) is 7.43. The Balaban J connectivity index is 2.55. The van der Waals surface area contributed by atoms with Crippen LogP contribution in [0.25, 0.3) is 0 Å². The van der Waals surface area contributed by atoms with Crippen molar-refractivity contribution in [1.29, 1.82) is 0 Å². The Kier molecular flexibility index (Phi) is 4.33. The van der Waals surface area contributed by atoms with E-state index in [4.69, 9.17) is 5.11 Å². The number of hydrogen-bond acceptors (Lipinski definition) is 2. The molecule has 0 aromatic rings. The molecule has 0 heterocycles. The van der Waals surface area contributed by atoms with Gasteiger partial charge >= 0.3 is 5.97 Å². The van der Waals surface area contributed by atoms with Gasteiger partial charge in [0.25, 0.3) is 0 Å². The number of amides is 1. The normalized spacial score (nSPS) is 17.2. The maximum Gasteiger partial charge on any atom is 0.303 e. The molecule has 0 radical (unpaired) electrons. The molecule has 0 spiro atoms. The van der Waals surface area contributed by atoms with Gasteiger partial charge in [-0.15, -0.1) is 0 Å². The lowest BCUT2D eigenvalue weighted by Crippen LogP contribution is -2.43. The van der Waals surface area contributed by atoms with E-state index < -0.39 is 5.97 Å². The minimum Gasteiger partial charge on any atom is -0.481 e. The third-order valence-corrected chi connectivity index (χ3v) is 3.18. The van der Waals surface area contributed by atoms with Gasteiger partial charge in [0.15, 0.2) is 0 Å². The van der Waals surface area contributed by atoms with E-state index in [2.05, 4.69) is 13.8 Å². The topological polar surface area (TPSA) is 57.6 Å². The summed E-state index contributed by atoms with van der Waals surface area (Å²) >= 11 is 0. The lowest BCUT2D eigenvalue weighted by molar-refractivity contribution is -0.142. The van der Waals surface area contributed by atoms with Crippen LogP contribution in [0, 0.1) is 5.92 Å².